The Hall–Kier alpha value is -3.75. The molecule has 32 heavy (non-hydrogen) atoms. The monoisotopic (exact) mass is 434 g/mol. The van der Waals surface area contributed by atoms with Crippen LogP contribution < -0.4 is 10.1 Å². The first-order chi connectivity index (χ1) is 15.5. The summed E-state index contributed by atoms with van der Waals surface area (Å²) in [5.74, 6) is 1.14. The molecular weight excluding hydrogens is 408 g/mol. The van der Waals surface area contributed by atoms with Crippen LogP contribution in [-0.4, -0.2) is 57.1 Å². The molecule has 1 atom stereocenters. The van der Waals surface area contributed by atoms with Gasteiger partial charge in [-0.2, -0.15) is 5.10 Å². The lowest BCUT2D eigenvalue weighted by molar-refractivity contribution is 0.0698. The number of likely N-dealkylation sites (tertiary alicyclic amines) is 1. The summed E-state index contributed by atoms with van der Waals surface area (Å²) in [5, 5.41) is 9.49. The highest BCUT2D eigenvalue weighted by molar-refractivity contribution is 5.94. The quantitative estimate of drug-likeness (QED) is 0.616. The van der Waals surface area contributed by atoms with Crippen LogP contribution in [0.4, 0.5) is 0 Å². The second-order valence-electron chi connectivity index (χ2n) is 7.82. The number of hydrogen-bond donors (Lipinski definition) is 2. The van der Waals surface area contributed by atoms with E-state index in [9.17, 15) is 9.59 Å². The van der Waals surface area contributed by atoms with Gasteiger partial charge < -0.3 is 15.0 Å². The molecule has 3 aromatic rings. The van der Waals surface area contributed by atoms with Gasteiger partial charge in [0.2, 0.25) is 0 Å². The van der Waals surface area contributed by atoms with Crippen LogP contribution in [0, 0.1) is 6.92 Å². The van der Waals surface area contributed by atoms with Crippen molar-refractivity contribution in [3.05, 3.63) is 71.1 Å². The zero-order valence-electron chi connectivity index (χ0n) is 18.2. The summed E-state index contributed by atoms with van der Waals surface area (Å²) in [7, 11) is 1.61. The normalized spacial score (nSPS) is 15.9. The van der Waals surface area contributed by atoms with Gasteiger partial charge >= 0.3 is 0 Å². The summed E-state index contributed by atoms with van der Waals surface area (Å²) < 4.78 is 5.22. The predicted octanol–water partition coefficient (Wildman–Crippen LogP) is 2.47. The fourth-order valence-corrected chi connectivity index (χ4v) is 3.88. The molecule has 0 saturated carbocycles. The van der Waals surface area contributed by atoms with E-state index in [1.807, 2.05) is 31.2 Å². The van der Waals surface area contributed by atoms with E-state index in [1.54, 1.807) is 30.5 Å². The summed E-state index contributed by atoms with van der Waals surface area (Å²) in [5.41, 5.74) is 2.48. The first kappa shape index (κ1) is 21.5. The van der Waals surface area contributed by atoms with Crippen LogP contribution in [0.15, 0.2) is 42.7 Å². The van der Waals surface area contributed by atoms with Crippen molar-refractivity contribution in [1.82, 2.24) is 30.4 Å². The molecule has 1 aliphatic heterocycles. The number of aryl methyl sites for hydroxylation is 1. The van der Waals surface area contributed by atoms with E-state index < -0.39 is 0 Å². The minimum absolute atomic E-state index is 0.0308. The van der Waals surface area contributed by atoms with Gasteiger partial charge in [0.1, 0.15) is 17.3 Å². The molecule has 2 aromatic heterocycles. The second-order valence-corrected chi connectivity index (χ2v) is 7.82. The average molecular weight is 435 g/mol. The molecule has 0 bridgehead atoms. The first-order valence-electron chi connectivity index (χ1n) is 10.6. The van der Waals surface area contributed by atoms with Gasteiger partial charge in [0, 0.05) is 37.9 Å². The van der Waals surface area contributed by atoms with Gasteiger partial charge in [-0.3, -0.25) is 14.7 Å². The zero-order chi connectivity index (χ0) is 22.5. The van der Waals surface area contributed by atoms with Gasteiger partial charge in [-0.25, -0.2) is 9.97 Å². The molecule has 0 unspecified atom stereocenters. The highest BCUT2D eigenvalue weighted by atomic mass is 16.5. The Morgan fingerprint density at radius 3 is 2.94 bits per heavy atom. The van der Waals surface area contributed by atoms with E-state index in [1.165, 1.54) is 0 Å². The third kappa shape index (κ3) is 4.77. The maximum absolute atomic E-state index is 12.7. The van der Waals surface area contributed by atoms with Crippen molar-refractivity contribution >= 4 is 11.8 Å². The zero-order valence-corrected chi connectivity index (χ0v) is 18.2. The molecule has 2 N–H and O–H groups in total. The molecule has 0 spiro atoms. The number of nitrogens with one attached hydrogen (secondary N) is 2. The second kappa shape index (κ2) is 9.59. The molecule has 4 rings (SSSR count). The molecule has 0 radical (unpaired) electrons. The number of carbonyl (C=O) groups excluding carboxylic acids is 2. The van der Waals surface area contributed by atoms with Crippen molar-refractivity contribution in [2.24, 2.45) is 0 Å². The molecule has 0 aliphatic carbocycles. The van der Waals surface area contributed by atoms with Gasteiger partial charge in [-0.05, 0) is 43.5 Å². The van der Waals surface area contributed by atoms with Crippen molar-refractivity contribution in [1.29, 1.82) is 0 Å². The van der Waals surface area contributed by atoms with E-state index in [-0.39, 0.29) is 17.7 Å². The third-order valence-corrected chi connectivity index (χ3v) is 5.63. The number of methoxy groups -OCH3 is 1. The van der Waals surface area contributed by atoms with Gasteiger partial charge in [0.15, 0.2) is 0 Å². The molecule has 9 heteroatoms. The number of rotatable bonds is 6. The molecule has 3 heterocycles. The fourth-order valence-electron chi connectivity index (χ4n) is 3.88. The average Bonchev–Trinajstić information content (AvgIpc) is 3.37. The highest BCUT2D eigenvalue weighted by Crippen LogP contribution is 2.26. The van der Waals surface area contributed by atoms with Crippen LogP contribution in [0.3, 0.4) is 0 Å². The van der Waals surface area contributed by atoms with Gasteiger partial charge in [0.25, 0.3) is 11.8 Å². The molecular formula is C23H26N6O3. The fraction of sp³-hybridized carbons (Fsp3) is 0.348. The summed E-state index contributed by atoms with van der Waals surface area (Å²) in [6, 6.07) is 9.22. The van der Waals surface area contributed by atoms with Gasteiger partial charge in [-0.1, -0.05) is 12.1 Å². The largest absolute Gasteiger partial charge is 0.497 e. The van der Waals surface area contributed by atoms with E-state index in [2.05, 4.69) is 25.5 Å². The first-order valence-corrected chi connectivity index (χ1v) is 10.6. The number of hydrogen-bond acceptors (Lipinski definition) is 6. The number of amides is 2. The Morgan fingerprint density at radius 1 is 1.31 bits per heavy atom. The lowest BCUT2D eigenvalue weighted by Crippen LogP contribution is -2.39. The molecule has 1 fully saturated rings. The number of nitrogens with zero attached hydrogens (tertiary/aromatic N) is 4. The Kier molecular flexibility index (Phi) is 6.44. The van der Waals surface area contributed by atoms with Crippen LogP contribution >= 0.6 is 0 Å². The van der Waals surface area contributed by atoms with Crippen LogP contribution in [0.5, 0.6) is 5.75 Å². The van der Waals surface area contributed by atoms with Gasteiger partial charge in [0.05, 0.1) is 18.4 Å². The van der Waals surface area contributed by atoms with Crippen molar-refractivity contribution in [2.45, 2.75) is 32.2 Å². The van der Waals surface area contributed by atoms with E-state index in [0.29, 0.717) is 42.4 Å². The molecule has 1 aliphatic rings. The van der Waals surface area contributed by atoms with Crippen LogP contribution in [0.2, 0.25) is 0 Å². The standard InChI is InChI=1S/C23H26N6O3/c1-15-19(22(30)25-12-16-5-3-7-18(11-16)32-2)13-24-21(27-15)17-6-4-10-29(14-17)23(31)20-8-9-26-28-20/h3,5,7-9,11,13,17H,4,6,10,12,14H2,1-2H3,(H,25,30)(H,26,28)/t17-/m0/s1. The minimum atomic E-state index is -0.225. The van der Waals surface area contributed by atoms with E-state index in [4.69, 9.17) is 4.74 Å². The highest BCUT2D eigenvalue weighted by Gasteiger charge is 2.28. The SMILES string of the molecule is COc1cccc(CNC(=O)c2cnc([C@H]3CCCN(C(=O)c4ccn[nH]4)C3)nc2C)c1. The number of piperidine rings is 1. The number of ether oxygens (including phenoxy) is 1. The summed E-state index contributed by atoms with van der Waals surface area (Å²) >= 11 is 0. The molecule has 2 amide bonds. The maximum Gasteiger partial charge on any atom is 0.271 e. The number of aromatic amines is 1. The van der Waals surface area contributed by atoms with Crippen molar-refractivity contribution < 1.29 is 14.3 Å². The van der Waals surface area contributed by atoms with Crippen molar-refractivity contribution in [3.63, 3.8) is 0 Å². The summed E-state index contributed by atoms with van der Waals surface area (Å²) in [4.78, 5) is 36.2. The Balaban J connectivity index is 1.41. The Bertz CT molecular complexity index is 1100. The molecule has 1 saturated heterocycles. The summed E-state index contributed by atoms with van der Waals surface area (Å²) in [6.07, 6.45) is 4.91. The number of benzene rings is 1. The Labute approximate surface area is 186 Å². The van der Waals surface area contributed by atoms with E-state index in [0.717, 1.165) is 24.2 Å². The van der Waals surface area contributed by atoms with E-state index >= 15 is 0 Å². The number of H-pyrrole nitrogens is 1. The number of carbonyl (C=O) groups is 2. The van der Waals surface area contributed by atoms with Crippen LogP contribution in [0.25, 0.3) is 0 Å². The van der Waals surface area contributed by atoms with Crippen molar-refractivity contribution in [2.75, 3.05) is 20.2 Å². The lowest BCUT2D eigenvalue weighted by Gasteiger charge is -2.31. The minimum Gasteiger partial charge on any atom is -0.497 e. The van der Waals surface area contributed by atoms with Crippen molar-refractivity contribution in [3.8, 4) is 5.75 Å². The lowest BCUT2D eigenvalue weighted by atomic mass is 9.96. The summed E-state index contributed by atoms with van der Waals surface area (Å²) in [6.45, 7) is 3.42. The number of aromatic nitrogens is 4. The topological polar surface area (TPSA) is 113 Å². The molecule has 166 valence electrons. The van der Waals surface area contributed by atoms with Crippen LogP contribution in [0.1, 0.15) is 56.7 Å². The van der Waals surface area contributed by atoms with Crippen LogP contribution in [-0.2, 0) is 6.54 Å². The molecule has 9 nitrogen and oxygen atoms in total. The predicted molar refractivity (Wildman–Crippen MR) is 117 cm³/mol. The maximum atomic E-state index is 12.7. The third-order valence-electron chi connectivity index (χ3n) is 5.63. The Morgan fingerprint density at radius 2 is 2.19 bits per heavy atom. The smallest absolute Gasteiger partial charge is 0.271 e. The van der Waals surface area contributed by atoms with Gasteiger partial charge in [-0.15, -0.1) is 0 Å². The molecule has 1 aromatic carbocycles.